The van der Waals surface area contributed by atoms with Gasteiger partial charge in [0.1, 0.15) is 17.4 Å². The lowest BCUT2D eigenvalue weighted by atomic mass is 10.1. The maximum Gasteiger partial charge on any atom is 0.130 e. The Morgan fingerprint density at radius 1 is 1.69 bits per heavy atom. The number of carbonyl (C=O) groups excluding carboxylic acids is 1. The fourth-order valence-corrected chi connectivity index (χ4v) is 2.07. The summed E-state index contributed by atoms with van der Waals surface area (Å²) in [5, 5.41) is 9.67. The molecule has 1 aromatic rings. The number of pyridine rings is 1. The van der Waals surface area contributed by atoms with Gasteiger partial charge in [-0.05, 0) is 18.6 Å². The third-order valence-corrected chi connectivity index (χ3v) is 2.77. The van der Waals surface area contributed by atoms with Gasteiger partial charge in [0, 0.05) is 12.8 Å². The Bertz CT molecular complexity index is 427. The number of nitrogens with zero attached hydrogens (tertiary/aromatic N) is 2. The zero-order chi connectivity index (χ0) is 12.0. The molecular formula is C11H12N2O2S. The standard InChI is InChI=1S/C11H12N2O2S/c1-8-5-9(7-15-2)10(6-12)11(13-8)16-4-3-14/h3,5H,4,7H2,1-2H3. The van der Waals surface area contributed by atoms with Crippen molar-refractivity contribution in [2.75, 3.05) is 12.9 Å². The van der Waals surface area contributed by atoms with Gasteiger partial charge in [0.05, 0.1) is 17.9 Å². The summed E-state index contributed by atoms with van der Waals surface area (Å²) in [6.07, 6.45) is 0.797. The van der Waals surface area contributed by atoms with E-state index >= 15 is 0 Å². The summed E-state index contributed by atoms with van der Waals surface area (Å²) in [5.74, 6) is 0.303. The maximum absolute atomic E-state index is 10.3. The molecule has 0 amide bonds. The van der Waals surface area contributed by atoms with Gasteiger partial charge in [0.15, 0.2) is 0 Å². The van der Waals surface area contributed by atoms with E-state index in [-0.39, 0.29) is 0 Å². The highest BCUT2D eigenvalue weighted by atomic mass is 32.2. The normalized spacial score (nSPS) is 9.81. The molecule has 0 unspecified atom stereocenters. The smallest absolute Gasteiger partial charge is 0.130 e. The SMILES string of the molecule is COCc1cc(C)nc(SCC=O)c1C#N. The summed E-state index contributed by atoms with van der Waals surface area (Å²) in [4.78, 5) is 14.6. The van der Waals surface area contributed by atoms with Crippen molar-refractivity contribution in [1.29, 1.82) is 5.26 Å². The summed E-state index contributed by atoms with van der Waals surface area (Å²) < 4.78 is 5.03. The predicted octanol–water partition coefficient (Wildman–Crippen LogP) is 1.70. The van der Waals surface area contributed by atoms with E-state index in [1.54, 1.807) is 7.11 Å². The number of ether oxygens (including phenoxy) is 1. The molecule has 1 rings (SSSR count). The molecule has 1 aromatic heterocycles. The van der Waals surface area contributed by atoms with Crippen LogP contribution in [0.4, 0.5) is 0 Å². The maximum atomic E-state index is 10.3. The minimum Gasteiger partial charge on any atom is -0.380 e. The van der Waals surface area contributed by atoms with E-state index < -0.39 is 0 Å². The van der Waals surface area contributed by atoms with Crippen LogP contribution in [0.25, 0.3) is 0 Å². The molecule has 0 fully saturated rings. The quantitative estimate of drug-likeness (QED) is 0.575. The number of aldehydes is 1. The first-order valence-electron chi connectivity index (χ1n) is 4.69. The highest BCUT2D eigenvalue weighted by Crippen LogP contribution is 2.23. The van der Waals surface area contributed by atoms with Crippen LogP contribution < -0.4 is 0 Å². The van der Waals surface area contributed by atoms with E-state index in [2.05, 4.69) is 11.1 Å². The monoisotopic (exact) mass is 236 g/mol. The molecule has 0 aromatic carbocycles. The molecule has 5 heteroatoms. The van der Waals surface area contributed by atoms with Crippen molar-refractivity contribution in [3.8, 4) is 6.07 Å². The summed E-state index contributed by atoms with van der Waals surface area (Å²) in [6.45, 7) is 2.23. The van der Waals surface area contributed by atoms with E-state index in [4.69, 9.17) is 10.00 Å². The number of aromatic nitrogens is 1. The zero-order valence-corrected chi connectivity index (χ0v) is 10.0. The molecule has 4 nitrogen and oxygen atoms in total. The largest absolute Gasteiger partial charge is 0.380 e. The van der Waals surface area contributed by atoms with E-state index in [9.17, 15) is 4.79 Å². The first-order valence-corrected chi connectivity index (χ1v) is 5.67. The molecule has 0 bridgehead atoms. The number of methoxy groups -OCH3 is 1. The number of thioether (sulfide) groups is 1. The van der Waals surface area contributed by atoms with Crippen LogP contribution in [-0.2, 0) is 16.1 Å². The number of aryl methyl sites for hydroxylation is 1. The van der Waals surface area contributed by atoms with Crippen molar-refractivity contribution in [1.82, 2.24) is 4.98 Å². The second kappa shape index (κ2) is 6.26. The Morgan fingerprint density at radius 2 is 2.44 bits per heavy atom. The highest BCUT2D eigenvalue weighted by molar-refractivity contribution is 7.99. The van der Waals surface area contributed by atoms with Gasteiger partial charge in [-0.3, -0.25) is 0 Å². The van der Waals surface area contributed by atoms with Gasteiger partial charge >= 0.3 is 0 Å². The summed E-state index contributed by atoms with van der Waals surface area (Å²) in [5.41, 5.74) is 2.13. The van der Waals surface area contributed by atoms with E-state index in [1.807, 2.05) is 13.0 Å². The molecule has 0 spiro atoms. The minimum absolute atomic E-state index is 0.303. The van der Waals surface area contributed by atoms with Gasteiger partial charge in [-0.25, -0.2) is 4.98 Å². The second-order valence-electron chi connectivity index (χ2n) is 3.13. The first-order chi connectivity index (χ1) is 7.72. The minimum atomic E-state index is 0.303. The van der Waals surface area contributed by atoms with Crippen LogP contribution in [0.5, 0.6) is 0 Å². The molecule has 1 heterocycles. The van der Waals surface area contributed by atoms with E-state index in [1.165, 1.54) is 11.8 Å². The fraction of sp³-hybridized carbons (Fsp3) is 0.364. The molecule has 0 saturated carbocycles. The molecule has 16 heavy (non-hydrogen) atoms. The lowest BCUT2D eigenvalue weighted by Gasteiger charge is -2.08. The van der Waals surface area contributed by atoms with Gasteiger partial charge in [-0.2, -0.15) is 5.26 Å². The second-order valence-corrected chi connectivity index (χ2v) is 4.13. The van der Waals surface area contributed by atoms with Crippen LogP contribution in [0, 0.1) is 18.3 Å². The molecular weight excluding hydrogens is 224 g/mol. The average Bonchev–Trinajstić information content (AvgIpc) is 2.26. The lowest BCUT2D eigenvalue weighted by Crippen LogP contribution is -2.00. The zero-order valence-electron chi connectivity index (χ0n) is 9.19. The van der Waals surface area contributed by atoms with Crippen molar-refractivity contribution in [3.05, 3.63) is 22.9 Å². The van der Waals surface area contributed by atoms with E-state index in [0.717, 1.165) is 17.5 Å². The Hall–Kier alpha value is -1.38. The molecule has 0 saturated heterocycles. The number of nitriles is 1. The Balaban J connectivity index is 3.14. The van der Waals surface area contributed by atoms with Crippen LogP contribution in [0.15, 0.2) is 11.1 Å². The van der Waals surface area contributed by atoms with Gasteiger partial charge in [-0.15, -0.1) is 0 Å². The number of hydrogen-bond donors (Lipinski definition) is 0. The van der Waals surface area contributed by atoms with Gasteiger partial charge in [-0.1, -0.05) is 11.8 Å². The van der Waals surface area contributed by atoms with Crippen molar-refractivity contribution in [2.24, 2.45) is 0 Å². The number of carbonyl (C=O) groups is 1. The third kappa shape index (κ3) is 3.05. The molecule has 0 aliphatic carbocycles. The summed E-state index contributed by atoms with van der Waals surface area (Å²) in [6, 6.07) is 3.93. The van der Waals surface area contributed by atoms with Crippen molar-refractivity contribution >= 4 is 18.0 Å². The Labute approximate surface area is 98.6 Å². The Kier molecular flexibility index (Phi) is 4.96. The summed E-state index contributed by atoms with van der Waals surface area (Å²) in [7, 11) is 1.58. The number of rotatable bonds is 5. The average molecular weight is 236 g/mol. The molecule has 84 valence electrons. The first kappa shape index (κ1) is 12.7. The van der Waals surface area contributed by atoms with Crippen molar-refractivity contribution in [2.45, 2.75) is 18.6 Å². The van der Waals surface area contributed by atoms with Gasteiger partial charge < -0.3 is 9.53 Å². The molecule has 0 N–H and O–H groups in total. The Morgan fingerprint density at radius 3 is 3.00 bits per heavy atom. The van der Waals surface area contributed by atoms with Crippen molar-refractivity contribution < 1.29 is 9.53 Å². The van der Waals surface area contributed by atoms with Crippen LogP contribution in [0.2, 0.25) is 0 Å². The van der Waals surface area contributed by atoms with Crippen LogP contribution >= 0.6 is 11.8 Å². The highest BCUT2D eigenvalue weighted by Gasteiger charge is 2.11. The van der Waals surface area contributed by atoms with Crippen LogP contribution in [0.1, 0.15) is 16.8 Å². The molecule has 0 atom stereocenters. The van der Waals surface area contributed by atoms with Crippen LogP contribution in [-0.4, -0.2) is 24.1 Å². The molecule has 0 aliphatic rings. The van der Waals surface area contributed by atoms with Gasteiger partial charge in [0.2, 0.25) is 0 Å². The third-order valence-electron chi connectivity index (χ3n) is 1.90. The van der Waals surface area contributed by atoms with Gasteiger partial charge in [0.25, 0.3) is 0 Å². The number of hydrogen-bond acceptors (Lipinski definition) is 5. The molecule has 0 radical (unpaired) electrons. The lowest BCUT2D eigenvalue weighted by molar-refractivity contribution is -0.105. The van der Waals surface area contributed by atoms with E-state index in [0.29, 0.717) is 22.9 Å². The predicted molar refractivity (Wildman–Crippen MR) is 61.2 cm³/mol. The van der Waals surface area contributed by atoms with Crippen molar-refractivity contribution in [3.63, 3.8) is 0 Å². The summed E-state index contributed by atoms with van der Waals surface area (Å²) >= 11 is 1.27. The molecule has 0 aliphatic heterocycles. The topological polar surface area (TPSA) is 63.0 Å². The van der Waals surface area contributed by atoms with Crippen LogP contribution in [0.3, 0.4) is 0 Å². The fourth-order valence-electron chi connectivity index (χ4n) is 1.32.